The van der Waals surface area contributed by atoms with Crippen molar-refractivity contribution in [2.24, 2.45) is 5.73 Å². The number of nitrogens with zero attached hydrogens (tertiary/aromatic N) is 3. The molecule has 0 amide bonds. The lowest BCUT2D eigenvalue weighted by Crippen LogP contribution is -2.06. The summed E-state index contributed by atoms with van der Waals surface area (Å²) in [6.45, 7) is 3.07. The van der Waals surface area contributed by atoms with Crippen molar-refractivity contribution >= 4 is 0 Å². The first-order valence-corrected chi connectivity index (χ1v) is 6.50. The summed E-state index contributed by atoms with van der Waals surface area (Å²) in [4.78, 5) is 0. The van der Waals surface area contributed by atoms with Gasteiger partial charge in [-0.05, 0) is 30.2 Å². The van der Waals surface area contributed by atoms with Crippen LogP contribution in [0.1, 0.15) is 16.8 Å². The van der Waals surface area contributed by atoms with E-state index in [2.05, 4.69) is 29.4 Å². The normalized spacial score (nSPS) is 10.9. The zero-order valence-electron chi connectivity index (χ0n) is 11.3. The molecule has 2 heterocycles. The molecule has 3 rings (SSSR count). The molecule has 1 aromatic carbocycles. The predicted molar refractivity (Wildman–Crippen MR) is 75.9 cm³/mol. The van der Waals surface area contributed by atoms with Crippen molar-refractivity contribution < 1.29 is 4.42 Å². The molecule has 3 aromatic rings. The van der Waals surface area contributed by atoms with Crippen molar-refractivity contribution in [3.8, 4) is 11.5 Å². The summed E-state index contributed by atoms with van der Waals surface area (Å²) in [5.74, 6) is 0.740. The lowest BCUT2D eigenvalue weighted by molar-refractivity contribution is 0.565. The Bertz CT molecular complexity index is 700. The van der Waals surface area contributed by atoms with E-state index in [1.54, 1.807) is 6.26 Å². The van der Waals surface area contributed by atoms with Gasteiger partial charge in [-0.1, -0.05) is 29.5 Å². The molecule has 0 aliphatic rings. The van der Waals surface area contributed by atoms with Gasteiger partial charge in [-0.25, -0.2) is 4.68 Å². The third kappa shape index (κ3) is 2.23. The van der Waals surface area contributed by atoms with E-state index >= 15 is 0 Å². The number of furan rings is 1. The first kappa shape index (κ1) is 12.6. The Balaban J connectivity index is 2.03. The minimum Gasteiger partial charge on any atom is -0.463 e. The van der Waals surface area contributed by atoms with Crippen molar-refractivity contribution in [3.05, 3.63) is 59.5 Å². The van der Waals surface area contributed by atoms with Crippen LogP contribution in [0.15, 0.2) is 47.1 Å². The topological polar surface area (TPSA) is 69.9 Å². The molecule has 0 aliphatic heterocycles. The molecule has 2 aromatic heterocycles. The number of hydrogen-bond acceptors (Lipinski definition) is 4. The molecular formula is C15H16N4O. The maximum absolute atomic E-state index is 5.74. The summed E-state index contributed by atoms with van der Waals surface area (Å²) in [5.41, 5.74) is 9.76. The number of aryl methyl sites for hydroxylation is 1. The highest BCUT2D eigenvalue weighted by Crippen LogP contribution is 2.23. The van der Waals surface area contributed by atoms with Gasteiger partial charge in [0.2, 0.25) is 0 Å². The van der Waals surface area contributed by atoms with Crippen LogP contribution in [0.25, 0.3) is 11.5 Å². The lowest BCUT2D eigenvalue weighted by atomic mass is 10.1. The van der Waals surface area contributed by atoms with Gasteiger partial charge in [-0.2, -0.15) is 0 Å². The average molecular weight is 268 g/mol. The monoisotopic (exact) mass is 268 g/mol. The van der Waals surface area contributed by atoms with E-state index in [1.807, 2.05) is 28.9 Å². The zero-order chi connectivity index (χ0) is 13.9. The van der Waals surface area contributed by atoms with E-state index in [-0.39, 0.29) is 0 Å². The average Bonchev–Trinajstić information content (AvgIpc) is 3.09. The Hall–Kier alpha value is -2.40. The number of rotatable bonds is 4. The standard InChI is InChI=1S/C15H16N4O/c1-11-5-2-3-6-12(11)10-19-15(13(9-16)17-18-19)14-7-4-8-20-14/h2-8H,9-10,16H2,1H3. The Morgan fingerprint density at radius 1 is 1.20 bits per heavy atom. The predicted octanol–water partition coefficient (Wildman–Crippen LogP) is 2.35. The van der Waals surface area contributed by atoms with E-state index in [1.165, 1.54) is 11.1 Å². The molecule has 5 nitrogen and oxygen atoms in total. The van der Waals surface area contributed by atoms with Gasteiger partial charge in [0.05, 0.1) is 12.8 Å². The van der Waals surface area contributed by atoms with Crippen molar-refractivity contribution in [2.75, 3.05) is 0 Å². The second-order valence-electron chi connectivity index (χ2n) is 4.65. The van der Waals surface area contributed by atoms with Gasteiger partial charge >= 0.3 is 0 Å². The van der Waals surface area contributed by atoms with E-state index in [4.69, 9.17) is 10.2 Å². The molecule has 0 aliphatic carbocycles. The van der Waals surface area contributed by atoms with Gasteiger partial charge in [0.25, 0.3) is 0 Å². The van der Waals surface area contributed by atoms with Crippen LogP contribution in [0, 0.1) is 6.92 Å². The largest absolute Gasteiger partial charge is 0.463 e. The first-order chi connectivity index (χ1) is 9.79. The fourth-order valence-corrected chi connectivity index (χ4v) is 2.23. The van der Waals surface area contributed by atoms with Crippen molar-refractivity contribution in [1.82, 2.24) is 15.0 Å². The maximum atomic E-state index is 5.74. The van der Waals surface area contributed by atoms with Crippen LogP contribution in [-0.4, -0.2) is 15.0 Å². The van der Waals surface area contributed by atoms with Gasteiger partial charge in [0.1, 0.15) is 11.4 Å². The van der Waals surface area contributed by atoms with Crippen LogP contribution >= 0.6 is 0 Å². The Morgan fingerprint density at radius 2 is 2.05 bits per heavy atom. The fourth-order valence-electron chi connectivity index (χ4n) is 2.23. The minimum atomic E-state index is 0.337. The van der Waals surface area contributed by atoms with Crippen molar-refractivity contribution in [3.63, 3.8) is 0 Å². The summed E-state index contributed by atoms with van der Waals surface area (Å²) in [7, 11) is 0. The second-order valence-corrected chi connectivity index (χ2v) is 4.65. The number of benzene rings is 1. The number of hydrogen-bond donors (Lipinski definition) is 1. The van der Waals surface area contributed by atoms with Gasteiger partial charge in [0, 0.05) is 6.54 Å². The Labute approximate surface area is 117 Å². The lowest BCUT2D eigenvalue weighted by Gasteiger charge is -2.08. The zero-order valence-corrected chi connectivity index (χ0v) is 11.3. The molecule has 0 bridgehead atoms. The van der Waals surface area contributed by atoms with Crippen molar-refractivity contribution in [2.45, 2.75) is 20.0 Å². The summed E-state index contributed by atoms with van der Waals surface area (Å²) < 4.78 is 7.31. The Kier molecular flexibility index (Phi) is 3.35. The summed E-state index contributed by atoms with van der Waals surface area (Å²) in [6.07, 6.45) is 1.64. The number of aromatic nitrogens is 3. The molecule has 0 saturated heterocycles. The molecule has 0 spiro atoms. The Morgan fingerprint density at radius 3 is 2.75 bits per heavy atom. The highest BCUT2D eigenvalue weighted by Gasteiger charge is 2.16. The van der Waals surface area contributed by atoms with Crippen molar-refractivity contribution in [1.29, 1.82) is 0 Å². The molecular weight excluding hydrogens is 252 g/mol. The van der Waals surface area contributed by atoms with E-state index < -0.39 is 0 Å². The summed E-state index contributed by atoms with van der Waals surface area (Å²) >= 11 is 0. The molecule has 0 radical (unpaired) electrons. The maximum Gasteiger partial charge on any atom is 0.153 e. The van der Waals surface area contributed by atoms with Gasteiger partial charge < -0.3 is 10.2 Å². The number of nitrogens with two attached hydrogens (primary N) is 1. The smallest absolute Gasteiger partial charge is 0.153 e. The fraction of sp³-hybridized carbons (Fsp3) is 0.200. The molecule has 0 atom stereocenters. The SMILES string of the molecule is Cc1ccccc1Cn1nnc(CN)c1-c1ccco1. The van der Waals surface area contributed by atoms with Crippen LogP contribution in [0.5, 0.6) is 0 Å². The third-order valence-electron chi connectivity index (χ3n) is 3.33. The minimum absolute atomic E-state index is 0.337. The molecule has 20 heavy (non-hydrogen) atoms. The van der Waals surface area contributed by atoms with Crippen LogP contribution < -0.4 is 5.73 Å². The van der Waals surface area contributed by atoms with E-state index in [0.717, 1.165) is 17.1 Å². The molecule has 5 heteroatoms. The third-order valence-corrected chi connectivity index (χ3v) is 3.33. The highest BCUT2D eigenvalue weighted by molar-refractivity contribution is 5.55. The molecule has 2 N–H and O–H groups in total. The molecule has 0 fully saturated rings. The first-order valence-electron chi connectivity index (χ1n) is 6.50. The van der Waals surface area contributed by atoms with E-state index in [9.17, 15) is 0 Å². The van der Waals surface area contributed by atoms with Gasteiger partial charge in [0.15, 0.2) is 5.76 Å². The molecule has 0 unspecified atom stereocenters. The van der Waals surface area contributed by atoms with Gasteiger partial charge in [-0.3, -0.25) is 0 Å². The highest BCUT2D eigenvalue weighted by atomic mass is 16.3. The second kappa shape index (κ2) is 5.30. The molecule has 102 valence electrons. The summed E-state index contributed by atoms with van der Waals surface area (Å²) in [5, 5.41) is 8.35. The van der Waals surface area contributed by atoms with E-state index in [0.29, 0.717) is 13.1 Å². The van der Waals surface area contributed by atoms with Gasteiger partial charge in [-0.15, -0.1) is 5.10 Å². The molecule has 0 saturated carbocycles. The van der Waals surface area contributed by atoms with Crippen LogP contribution in [-0.2, 0) is 13.1 Å². The summed E-state index contributed by atoms with van der Waals surface area (Å²) in [6, 6.07) is 12.0. The van der Waals surface area contributed by atoms with Crippen LogP contribution in [0.4, 0.5) is 0 Å². The van der Waals surface area contributed by atoms with Crippen LogP contribution in [0.2, 0.25) is 0 Å². The quantitative estimate of drug-likeness (QED) is 0.788. The van der Waals surface area contributed by atoms with Crippen LogP contribution in [0.3, 0.4) is 0 Å².